The molecule has 2 aliphatic rings. The molecule has 28 heavy (non-hydrogen) atoms. The number of benzene rings is 1. The van der Waals surface area contributed by atoms with Crippen molar-refractivity contribution < 1.29 is 18.7 Å². The summed E-state index contributed by atoms with van der Waals surface area (Å²) in [5.41, 5.74) is 6.41. The van der Waals surface area contributed by atoms with Crippen molar-refractivity contribution >= 4 is 23.2 Å². The first-order chi connectivity index (χ1) is 13.5. The molecule has 1 aliphatic heterocycles. The van der Waals surface area contributed by atoms with Crippen LogP contribution in [-0.4, -0.2) is 62.1 Å². The van der Waals surface area contributed by atoms with E-state index in [1.54, 1.807) is 6.07 Å². The van der Waals surface area contributed by atoms with Gasteiger partial charge in [-0.15, -0.1) is 0 Å². The Kier molecular flexibility index (Phi) is 6.98. The average molecular weight is 392 g/mol. The van der Waals surface area contributed by atoms with E-state index in [0.29, 0.717) is 31.3 Å². The van der Waals surface area contributed by atoms with Crippen molar-refractivity contribution in [3.8, 4) is 0 Å². The molecule has 0 radical (unpaired) electrons. The van der Waals surface area contributed by atoms with Gasteiger partial charge in [-0.05, 0) is 43.5 Å². The molecule has 1 aliphatic carbocycles. The molecule has 1 aromatic rings. The third-order valence-electron chi connectivity index (χ3n) is 5.60. The highest BCUT2D eigenvalue weighted by Crippen LogP contribution is 2.28. The van der Waals surface area contributed by atoms with Gasteiger partial charge in [-0.25, -0.2) is 4.39 Å². The number of carbonyl (C=O) groups is 2. The first kappa shape index (κ1) is 20.7. The fourth-order valence-corrected chi connectivity index (χ4v) is 3.69. The van der Waals surface area contributed by atoms with Crippen molar-refractivity contribution in [3.63, 3.8) is 0 Å². The van der Waals surface area contributed by atoms with Crippen LogP contribution in [0.25, 0.3) is 0 Å². The highest BCUT2D eigenvalue weighted by atomic mass is 19.1. The molecule has 1 aromatic carbocycles. The predicted octanol–water partition coefficient (Wildman–Crippen LogP) is 1.58. The van der Waals surface area contributed by atoms with Crippen LogP contribution in [0, 0.1) is 11.7 Å². The minimum Gasteiger partial charge on any atom is -0.370 e. The van der Waals surface area contributed by atoms with Crippen molar-refractivity contribution in [1.29, 1.82) is 0 Å². The summed E-state index contributed by atoms with van der Waals surface area (Å²) in [7, 11) is 0. The molecule has 7 nitrogen and oxygen atoms in total. The zero-order valence-corrected chi connectivity index (χ0v) is 16.3. The number of hydrogen-bond donors (Lipinski definition) is 2. The van der Waals surface area contributed by atoms with Crippen LogP contribution in [0.5, 0.6) is 0 Å². The van der Waals surface area contributed by atoms with Crippen LogP contribution >= 0.6 is 0 Å². The Balaban J connectivity index is 1.67. The number of amides is 2. The SMILES string of the molecule is CCN(CC1CCC1)[C@@H](CN)C(=O)Nc1ccc(N2CCOCC2=O)cc1F. The number of nitrogens with two attached hydrogens (primary N) is 1. The van der Waals surface area contributed by atoms with E-state index in [-0.39, 0.29) is 30.7 Å². The minimum absolute atomic E-state index is 0.00780. The van der Waals surface area contributed by atoms with Crippen molar-refractivity contribution in [1.82, 2.24) is 4.90 Å². The summed E-state index contributed by atoms with van der Waals surface area (Å²) in [4.78, 5) is 28.2. The van der Waals surface area contributed by atoms with Crippen molar-refractivity contribution in [2.75, 3.05) is 49.6 Å². The van der Waals surface area contributed by atoms with E-state index < -0.39 is 11.9 Å². The van der Waals surface area contributed by atoms with Crippen LogP contribution < -0.4 is 16.0 Å². The monoisotopic (exact) mass is 392 g/mol. The first-order valence-corrected chi connectivity index (χ1v) is 9.96. The number of nitrogens with zero attached hydrogens (tertiary/aromatic N) is 2. The van der Waals surface area contributed by atoms with Gasteiger partial charge < -0.3 is 20.7 Å². The fraction of sp³-hybridized carbons (Fsp3) is 0.600. The largest absolute Gasteiger partial charge is 0.370 e. The molecule has 2 amide bonds. The summed E-state index contributed by atoms with van der Waals surface area (Å²) in [6.45, 7) is 4.52. The zero-order valence-electron chi connectivity index (χ0n) is 16.3. The number of rotatable bonds is 8. The molecule has 1 saturated carbocycles. The van der Waals surface area contributed by atoms with Crippen LogP contribution in [0.3, 0.4) is 0 Å². The van der Waals surface area contributed by atoms with E-state index in [0.717, 1.165) is 6.54 Å². The fourth-order valence-electron chi connectivity index (χ4n) is 3.69. The molecule has 0 bridgehead atoms. The molecule has 1 heterocycles. The summed E-state index contributed by atoms with van der Waals surface area (Å²) in [5, 5.41) is 2.66. The number of morpholine rings is 1. The second kappa shape index (κ2) is 9.45. The normalized spacial score (nSPS) is 18.9. The van der Waals surface area contributed by atoms with E-state index in [1.165, 1.54) is 36.3 Å². The maximum Gasteiger partial charge on any atom is 0.253 e. The highest BCUT2D eigenvalue weighted by molar-refractivity contribution is 5.97. The molecule has 154 valence electrons. The zero-order chi connectivity index (χ0) is 20.1. The van der Waals surface area contributed by atoms with Crippen molar-refractivity contribution in [3.05, 3.63) is 24.0 Å². The van der Waals surface area contributed by atoms with Crippen LogP contribution in [0.15, 0.2) is 18.2 Å². The summed E-state index contributed by atoms with van der Waals surface area (Å²) in [5.74, 6) is -0.482. The summed E-state index contributed by atoms with van der Waals surface area (Å²) in [6, 6.07) is 3.89. The average Bonchev–Trinajstić information content (AvgIpc) is 2.65. The van der Waals surface area contributed by atoms with Crippen LogP contribution in [-0.2, 0) is 14.3 Å². The van der Waals surface area contributed by atoms with Gasteiger partial charge in [-0.2, -0.15) is 0 Å². The molecular weight excluding hydrogens is 363 g/mol. The standard InChI is InChI=1S/C20H29FN4O3/c1-2-24(12-14-4-3-5-14)18(11-22)20(27)23-17-7-6-15(10-16(17)21)25-8-9-28-13-19(25)26/h6-7,10,14,18H,2-5,8-9,11-13,22H2,1H3,(H,23,27)/t18-/m0/s1. The summed E-state index contributed by atoms with van der Waals surface area (Å²) in [6.07, 6.45) is 3.61. The van der Waals surface area contributed by atoms with Gasteiger partial charge in [0.15, 0.2) is 0 Å². The van der Waals surface area contributed by atoms with Gasteiger partial charge >= 0.3 is 0 Å². The Morgan fingerprint density at radius 2 is 2.25 bits per heavy atom. The molecule has 2 fully saturated rings. The topological polar surface area (TPSA) is 87.9 Å². The Labute approximate surface area is 165 Å². The Bertz CT molecular complexity index is 711. The maximum absolute atomic E-state index is 14.6. The second-order valence-corrected chi connectivity index (χ2v) is 7.39. The highest BCUT2D eigenvalue weighted by Gasteiger charge is 2.29. The van der Waals surface area contributed by atoms with Gasteiger partial charge in [0.1, 0.15) is 18.5 Å². The number of likely N-dealkylation sites (N-methyl/N-ethyl adjacent to an activating group) is 1. The van der Waals surface area contributed by atoms with Gasteiger partial charge in [0.2, 0.25) is 5.91 Å². The Morgan fingerprint density at radius 3 is 2.82 bits per heavy atom. The molecule has 0 unspecified atom stereocenters. The molecular formula is C20H29FN4O3. The quantitative estimate of drug-likeness (QED) is 0.701. The number of anilines is 2. The molecule has 3 N–H and O–H groups in total. The lowest BCUT2D eigenvalue weighted by molar-refractivity contribution is -0.125. The molecule has 8 heteroatoms. The van der Waals surface area contributed by atoms with Gasteiger partial charge in [0.25, 0.3) is 5.91 Å². The van der Waals surface area contributed by atoms with E-state index in [1.807, 2.05) is 6.92 Å². The third kappa shape index (κ3) is 4.68. The van der Waals surface area contributed by atoms with Gasteiger partial charge in [-0.1, -0.05) is 13.3 Å². The van der Waals surface area contributed by atoms with Gasteiger partial charge in [-0.3, -0.25) is 14.5 Å². The van der Waals surface area contributed by atoms with Gasteiger partial charge in [0, 0.05) is 25.3 Å². The van der Waals surface area contributed by atoms with Crippen LogP contribution in [0.2, 0.25) is 0 Å². The maximum atomic E-state index is 14.6. The summed E-state index contributed by atoms with van der Waals surface area (Å²) >= 11 is 0. The number of halogens is 1. The van der Waals surface area contributed by atoms with E-state index in [4.69, 9.17) is 10.5 Å². The third-order valence-corrected chi connectivity index (χ3v) is 5.60. The Hall–Kier alpha value is -2.03. The lowest BCUT2D eigenvalue weighted by Crippen LogP contribution is -2.50. The van der Waals surface area contributed by atoms with E-state index in [9.17, 15) is 14.0 Å². The minimum atomic E-state index is -0.581. The predicted molar refractivity (Wildman–Crippen MR) is 106 cm³/mol. The number of carbonyl (C=O) groups excluding carboxylic acids is 2. The van der Waals surface area contributed by atoms with Gasteiger partial charge in [0.05, 0.1) is 12.3 Å². The molecule has 0 aromatic heterocycles. The van der Waals surface area contributed by atoms with Crippen molar-refractivity contribution in [2.45, 2.75) is 32.2 Å². The number of ether oxygens (including phenoxy) is 1. The van der Waals surface area contributed by atoms with Crippen LogP contribution in [0.1, 0.15) is 26.2 Å². The smallest absolute Gasteiger partial charge is 0.253 e. The lowest BCUT2D eigenvalue weighted by atomic mass is 9.85. The van der Waals surface area contributed by atoms with Crippen LogP contribution in [0.4, 0.5) is 15.8 Å². The lowest BCUT2D eigenvalue weighted by Gasteiger charge is -2.35. The summed E-state index contributed by atoms with van der Waals surface area (Å²) < 4.78 is 19.7. The molecule has 0 spiro atoms. The number of hydrogen-bond acceptors (Lipinski definition) is 5. The van der Waals surface area contributed by atoms with Crippen molar-refractivity contribution in [2.24, 2.45) is 11.7 Å². The molecule has 1 saturated heterocycles. The Morgan fingerprint density at radius 1 is 1.46 bits per heavy atom. The molecule has 1 atom stereocenters. The second-order valence-electron chi connectivity index (χ2n) is 7.39. The van der Waals surface area contributed by atoms with E-state index in [2.05, 4.69) is 10.2 Å². The first-order valence-electron chi connectivity index (χ1n) is 9.96. The molecule has 3 rings (SSSR count). The number of nitrogens with one attached hydrogen (secondary N) is 1. The van der Waals surface area contributed by atoms with E-state index >= 15 is 0 Å².